The molecule has 1 heterocycles. The lowest BCUT2D eigenvalue weighted by molar-refractivity contribution is 0.271. The van der Waals surface area contributed by atoms with E-state index in [1.54, 1.807) is 12.7 Å². The van der Waals surface area contributed by atoms with Gasteiger partial charge in [-0.3, -0.25) is 4.68 Å². The fourth-order valence-electron chi connectivity index (χ4n) is 4.33. The maximum Gasteiger partial charge on any atom is 0.137 e. The highest BCUT2D eigenvalue weighted by Gasteiger charge is 2.39. The second kappa shape index (κ2) is 5.61. The summed E-state index contributed by atoms with van der Waals surface area (Å²) in [4.78, 5) is 3.99. The molecule has 0 radical (unpaired) electrons. The number of aromatic nitrogens is 3. The first-order valence-corrected chi connectivity index (χ1v) is 7.79. The fourth-order valence-corrected chi connectivity index (χ4v) is 4.33. The smallest absolute Gasteiger partial charge is 0.137 e. The molecule has 4 heteroatoms. The Morgan fingerprint density at radius 1 is 1.26 bits per heavy atom. The Balaban J connectivity index is 1.42. The van der Waals surface area contributed by atoms with Crippen LogP contribution in [0.2, 0.25) is 0 Å². The van der Waals surface area contributed by atoms with Gasteiger partial charge in [0.15, 0.2) is 0 Å². The normalized spacial score (nSPS) is 32.6. The van der Waals surface area contributed by atoms with E-state index in [1.165, 1.54) is 32.1 Å². The molecule has 106 valence electrons. The van der Waals surface area contributed by atoms with Crippen molar-refractivity contribution in [2.45, 2.75) is 64.6 Å². The highest BCUT2D eigenvalue weighted by Crippen LogP contribution is 2.49. The molecule has 0 saturated heterocycles. The van der Waals surface area contributed by atoms with Crippen molar-refractivity contribution in [1.29, 1.82) is 0 Å². The summed E-state index contributed by atoms with van der Waals surface area (Å²) in [6.45, 7) is 5.48. The number of hydrogen-bond acceptors (Lipinski definition) is 3. The Morgan fingerprint density at radius 3 is 2.79 bits per heavy atom. The zero-order chi connectivity index (χ0) is 13.2. The molecule has 2 saturated carbocycles. The van der Waals surface area contributed by atoms with E-state index < -0.39 is 0 Å². The molecule has 1 aromatic heterocycles. The van der Waals surface area contributed by atoms with Gasteiger partial charge in [0.05, 0.1) is 6.54 Å². The monoisotopic (exact) mass is 262 g/mol. The minimum atomic E-state index is 0.454. The van der Waals surface area contributed by atoms with Gasteiger partial charge in [-0.2, -0.15) is 5.10 Å². The van der Waals surface area contributed by atoms with Gasteiger partial charge in [0.2, 0.25) is 0 Å². The quantitative estimate of drug-likeness (QED) is 0.856. The third kappa shape index (κ3) is 3.16. The van der Waals surface area contributed by atoms with E-state index in [-0.39, 0.29) is 0 Å². The van der Waals surface area contributed by atoms with Gasteiger partial charge in [-0.05, 0) is 57.3 Å². The molecule has 0 aliphatic heterocycles. The Morgan fingerprint density at radius 2 is 2.16 bits per heavy atom. The molecule has 2 bridgehead atoms. The van der Waals surface area contributed by atoms with E-state index in [1.807, 2.05) is 4.68 Å². The van der Waals surface area contributed by atoms with Crippen LogP contribution in [0, 0.1) is 17.8 Å². The third-order valence-electron chi connectivity index (χ3n) is 5.04. The lowest BCUT2D eigenvalue weighted by Gasteiger charge is -2.27. The van der Waals surface area contributed by atoms with Crippen LogP contribution in [0.25, 0.3) is 0 Å². The SMILES string of the molecule is C[C@H](C[C@H]1C[C@H]2CC[C@H]1C2)N[C@@H](C)Cn1cncn1. The Hall–Kier alpha value is -0.900. The fraction of sp³-hybridized carbons (Fsp3) is 0.867. The van der Waals surface area contributed by atoms with Crippen molar-refractivity contribution in [3.8, 4) is 0 Å². The Labute approximate surface area is 116 Å². The summed E-state index contributed by atoms with van der Waals surface area (Å²) in [6.07, 6.45) is 10.8. The summed E-state index contributed by atoms with van der Waals surface area (Å²) >= 11 is 0. The van der Waals surface area contributed by atoms with Crippen molar-refractivity contribution in [1.82, 2.24) is 20.1 Å². The third-order valence-corrected chi connectivity index (χ3v) is 5.04. The largest absolute Gasteiger partial charge is 0.310 e. The number of nitrogens with zero attached hydrogens (tertiary/aromatic N) is 3. The number of rotatable bonds is 6. The molecule has 1 aromatic rings. The second-order valence-corrected chi connectivity index (χ2v) is 6.76. The summed E-state index contributed by atoms with van der Waals surface area (Å²) in [5.41, 5.74) is 0. The van der Waals surface area contributed by atoms with E-state index >= 15 is 0 Å². The number of fused-ring (bicyclic) bond motifs is 2. The molecule has 4 nitrogen and oxygen atoms in total. The van der Waals surface area contributed by atoms with Crippen molar-refractivity contribution < 1.29 is 0 Å². The second-order valence-electron chi connectivity index (χ2n) is 6.76. The van der Waals surface area contributed by atoms with E-state index in [4.69, 9.17) is 0 Å². The minimum Gasteiger partial charge on any atom is -0.310 e. The molecule has 0 aromatic carbocycles. The van der Waals surface area contributed by atoms with Gasteiger partial charge in [0.1, 0.15) is 12.7 Å². The van der Waals surface area contributed by atoms with Gasteiger partial charge in [-0.25, -0.2) is 4.98 Å². The molecule has 2 aliphatic carbocycles. The van der Waals surface area contributed by atoms with Crippen molar-refractivity contribution in [3.05, 3.63) is 12.7 Å². The molecule has 1 N–H and O–H groups in total. The predicted octanol–water partition coefficient (Wildman–Crippen LogP) is 2.47. The molecule has 2 aliphatic rings. The van der Waals surface area contributed by atoms with Gasteiger partial charge in [-0.15, -0.1) is 0 Å². The van der Waals surface area contributed by atoms with Gasteiger partial charge in [-0.1, -0.05) is 6.42 Å². The van der Waals surface area contributed by atoms with Crippen LogP contribution >= 0.6 is 0 Å². The first kappa shape index (κ1) is 13.1. The van der Waals surface area contributed by atoms with Gasteiger partial charge >= 0.3 is 0 Å². The zero-order valence-corrected chi connectivity index (χ0v) is 12.1. The van der Waals surface area contributed by atoms with Gasteiger partial charge < -0.3 is 5.32 Å². The highest BCUT2D eigenvalue weighted by atomic mass is 15.3. The molecule has 3 rings (SSSR count). The molecular weight excluding hydrogens is 236 g/mol. The number of nitrogens with one attached hydrogen (secondary N) is 1. The van der Waals surface area contributed by atoms with Crippen molar-refractivity contribution >= 4 is 0 Å². The average Bonchev–Trinajstić information content (AvgIpc) is 3.04. The summed E-state index contributed by atoms with van der Waals surface area (Å²) in [5, 5.41) is 7.88. The molecular formula is C15H26N4. The summed E-state index contributed by atoms with van der Waals surface area (Å²) in [5.74, 6) is 3.09. The predicted molar refractivity (Wildman–Crippen MR) is 75.6 cm³/mol. The maximum atomic E-state index is 4.16. The van der Waals surface area contributed by atoms with E-state index in [0.717, 1.165) is 24.3 Å². The first-order valence-electron chi connectivity index (χ1n) is 7.79. The lowest BCUT2D eigenvalue weighted by Crippen LogP contribution is -2.39. The summed E-state index contributed by atoms with van der Waals surface area (Å²) < 4.78 is 1.90. The number of hydrogen-bond donors (Lipinski definition) is 1. The zero-order valence-electron chi connectivity index (χ0n) is 12.1. The highest BCUT2D eigenvalue weighted by molar-refractivity contribution is 4.91. The van der Waals surface area contributed by atoms with Crippen molar-refractivity contribution in [2.24, 2.45) is 17.8 Å². The van der Waals surface area contributed by atoms with Crippen LogP contribution in [0.5, 0.6) is 0 Å². The van der Waals surface area contributed by atoms with E-state index in [0.29, 0.717) is 12.1 Å². The average molecular weight is 262 g/mol. The molecule has 0 spiro atoms. The summed E-state index contributed by atoms with van der Waals surface area (Å²) in [7, 11) is 0. The molecule has 19 heavy (non-hydrogen) atoms. The molecule has 5 atom stereocenters. The van der Waals surface area contributed by atoms with Gasteiger partial charge in [0.25, 0.3) is 0 Å². The van der Waals surface area contributed by atoms with Crippen LogP contribution in [0.4, 0.5) is 0 Å². The maximum absolute atomic E-state index is 4.16. The van der Waals surface area contributed by atoms with E-state index in [9.17, 15) is 0 Å². The van der Waals surface area contributed by atoms with Crippen LogP contribution < -0.4 is 5.32 Å². The van der Waals surface area contributed by atoms with Crippen molar-refractivity contribution in [3.63, 3.8) is 0 Å². The van der Waals surface area contributed by atoms with Crippen LogP contribution in [0.15, 0.2) is 12.7 Å². The van der Waals surface area contributed by atoms with E-state index in [2.05, 4.69) is 29.2 Å². The standard InChI is InChI=1S/C15H26N4/c1-11(5-15-7-13-3-4-14(15)6-13)18-12(2)8-19-10-16-9-17-19/h9-15,18H,3-8H2,1-2H3/t11-,12+,13+,14+,15+/m1/s1. The van der Waals surface area contributed by atoms with Crippen molar-refractivity contribution in [2.75, 3.05) is 0 Å². The minimum absolute atomic E-state index is 0.454. The van der Waals surface area contributed by atoms with Crippen LogP contribution in [0.3, 0.4) is 0 Å². The lowest BCUT2D eigenvalue weighted by atomic mass is 9.84. The van der Waals surface area contributed by atoms with Gasteiger partial charge in [0, 0.05) is 12.1 Å². The van der Waals surface area contributed by atoms with Crippen LogP contribution in [-0.2, 0) is 6.54 Å². The summed E-state index contributed by atoms with van der Waals surface area (Å²) in [6, 6.07) is 1.07. The van der Waals surface area contributed by atoms with Crippen LogP contribution in [-0.4, -0.2) is 26.8 Å². The Kier molecular flexibility index (Phi) is 3.87. The first-order chi connectivity index (χ1) is 9.20. The molecule has 0 unspecified atom stereocenters. The van der Waals surface area contributed by atoms with Crippen LogP contribution in [0.1, 0.15) is 46.0 Å². The molecule has 2 fully saturated rings. The topological polar surface area (TPSA) is 42.7 Å². The Bertz CT molecular complexity index is 389. The molecule has 0 amide bonds.